The van der Waals surface area contributed by atoms with E-state index in [0.29, 0.717) is 5.69 Å². The zero-order valence-electron chi connectivity index (χ0n) is 15.4. The van der Waals surface area contributed by atoms with Crippen LogP contribution in [0.25, 0.3) is 0 Å². The zero-order valence-corrected chi connectivity index (χ0v) is 15.4. The fraction of sp³-hybridized carbons (Fsp3) is 0.364. The van der Waals surface area contributed by atoms with Crippen molar-refractivity contribution < 1.29 is 9.59 Å². The maximum atomic E-state index is 13.1. The molecule has 0 aromatic heterocycles. The first-order valence-electron chi connectivity index (χ1n) is 9.71. The highest BCUT2D eigenvalue weighted by Crippen LogP contribution is 2.31. The molecule has 2 amide bonds. The third kappa shape index (κ3) is 4.37. The molecule has 0 radical (unpaired) electrons. The van der Waals surface area contributed by atoms with Crippen molar-refractivity contribution >= 4 is 23.2 Å². The lowest BCUT2D eigenvalue weighted by molar-refractivity contribution is -0.121. The summed E-state index contributed by atoms with van der Waals surface area (Å²) in [6.45, 7) is 1.87. The molecule has 2 N–H and O–H groups in total. The number of hydrogen-bond acceptors (Lipinski definition) is 3. The number of likely N-dealkylation sites (tertiary alicyclic amines) is 1. The van der Waals surface area contributed by atoms with Crippen molar-refractivity contribution in [3.8, 4) is 0 Å². The van der Waals surface area contributed by atoms with E-state index < -0.39 is 0 Å². The van der Waals surface area contributed by atoms with Crippen LogP contribution in [-0.4, -0.2) is 29.8 Å². The number of benzene rings is 2. The second kappa shape index (κ2) is 7.92. The molecule has 2 fully saturated rings. The minimum Gasteiger partial charge on any atom is -0.326 e. The molecule has 27 heavy (non-hydrogen) atoms. The molecule has 1 unspecified atom stereocenters. The van der Waals surface area contributed by atoms with Crippen molar-refractivity contribution in [1.29, 1.82) is 0 Å². The molecule has 140 valence electrons. The van der Waals surface area contributed by atoms with Crippen LogP contribution in [0.15, 0.2) is 54.6 Å². The topological polar surface area (TPSA) is 61.4 Å². The summed E-state index contributed by atoms with van der Waals surface area (Å²) in [7, 11) is 0. The van der Waals surface area contributed by atoms with E-state index in [9.17, 15) is 9.59 Å². The molecule has 1 saturated carbocycles. The molecule has 1 atom stereocenters. The lowest BCUT2D eigenvalue weighted by Crippen LogP contribution is -2.35. The van der Waals surface area contributed by atoms with Gasteiger partial charge in [0, 0.05) is 17.3 Å². The van der Waals surface area contributed by atoms with Crippen LogP contribution in [0.5, 0.6) is 0 Å². The highest BCUT2D eigenvalue weighted by Gasteiger charge is 2.30. The average Bonchev–Trinajstić information content (AvgIpc) is 3.40. The van der Waals surface area contributed by atoms with Gasteiger partial charge in [-0.05, 0) is 62.5 Å². The monoisotopic (exact) mass is 363 g/mol. The molecule has 1 heterocycles. The fourth-order valence-electron chi connectivity index (χ4n) is 3.64. The lowest BCUT2D eigenvalue weighted by Gasteiger charge is -2.27. The SMILES string of the molecule is O=C(Nc1cccc(NC(=O)C(c2ccccc2)N2CCCC2)c1)C1CC1. The molecule has 2 aromatic rings. The molecular weight excluding hydrogens is 338 g/mol. The van der Waals surface area contributed by atoms with E-state index in [1.54, 1.807) is 0 Å². The number of amides is 2. The highest BCUT2D eigenvalue weighted by atomic mass is 16.2. The number of carbonyl (C=O) groups is 2. The van der Waals surface area contributed by atoms with Crippen LogP contribution in [0, 0.1) is 5.92 Å². The van der Waals surface area contributed by atoms with Gasteiger partial charge >= 0.3 is 0 Å². The van der Waals surface area contributed by atoms with Gasteiger partial charge in [-0.1, -0.05) is 36.4 Å². The van der Waals surface area contributed by atoms with E-state index in [1.165, 1.54) is 0 Å². The second-order valence-corrected chi connectivity index (χ2v) is 7.39. The van der Waals surface area contributed by atoms with Gasteiger partial charge in [0.15, 0.2) is 0 Å². The minimum absolute atomic E-state index is 0.0335. The quantitative estimate of drug-likeness (QED) is 0.820. The fourth-order valence-corrected chi connectivity index (χ4v) is 3.64. The molecule has 0 bridgehead atoms. The van der Waals surface area contributed by atoms with Crippen LogP contribution in [0.3, 0.4) is 0 Å². The van der Waals surface area contributed by atoms with Crippen LogP contribution in [-0.2, 0) is 9.59 Å². The summed E-state index contributed by atoms with van der Waals surface area (Å²) in [5, 5.41) is 5.98. The third-order valence-electron chi connectivity index (χ3n) is 5.22. The van der Waals surface area contributed by atoms with Gasteiger partial charge in [-0.25, -0.2) is 0 Å². The molecule has 1 saturated heterocycles. The molecule has 2 aliphatic rings. The van der Waals surface area contributed by atoms with Crippen molar-refractivity contribution in [3.63, 3.8) is 0 Å². The van der Waals surface area contributed by atoms with Crippen LogP contribution < -0.4 is 10.6 Å². The third-order valence-corrected chi connectivity index (χ3v) is 5.22. The van der Waals surface area contributed by atoms with E-state index in [2.05, 4.69) is 15.5 Å². The number of rotatable bonds is 6. The molecule has 5 heteroatoms. The van der Waals surface area contributed by atoms with Crippen molar-refractivity contribution in [3.05, 3.63) is 60.2 Å². The predicted octanol–water partition coefficient (Wildman–Crippen LogP) is 3.81. The zero-order chi connectivity index (χ0) is 18.6. The number of nitrogens with zero attached hydrogens (tertiary/aromatic N) is 1. The summed E-state index contributed by atoms with van der Waals surface area (Å²) in [5.74, 6) is 0.187. The predicted molar refractivity (Wildman–Crippen MR) is 106 cm³/mol. The van der Waals surface area contributed by atoms with Crippen LogP contribution in [0.2, 0.25) is 0 Å². The minimum atomic E-state index is -0.293. The number of nitrogens with one attached hydrogen (secondary N) is 2. The first-order valence-corrected chi connectivity index (χ1v) is 9.71. The number of hydrogen-bond donors (Lipinski definition) is 2. The van der Waals surface area contributed by atoms with Crippen LogP contribution >= 0.6 is 0 Å². The molecule has 0 spiro atoms. The largest absolute Gasteiger partial charge is 0.326 e. The van der Waals surface area contributed by atoms with Gasteiger partial charge in [-0.3, -0.25) is 14.5 Å². The Kier molecular flexibility index (Phi) is 5.21. The summed E-state index contributed by atoms with van der Waals surface area (Å²) >= 11 is 0. The Hall–Kier alpha value is -2.66. The summed E-state index contributed by atoms with van der Waals surface area (Å²) in [5.41, 5.74) is 2.44. The molecule has 4 rings (SSSR count). The Morgan fingerprint density at radius 2 is 1.56 bits per heavy atom. The van der Waals surface area contributed by atoms with Gasteiger partial charge < -0.3 is 10.6 Å². The Morgan fingerprint density at radius 3 is 2.22 bits per heavy atom. The lowest BCUT2D eigenvalue weighted by atomic mass is 10.0. The van der Waals surface area contributed by atoms with Gasteiger partial charge in [0.1, 0.15) is 6.04 Å². The van der Waals surface area contributed by atoms with Crippen molar-refractivity contribution in [1.82, 2.24) is 4.90 Å². The molecule has 1 aliphatic heterocycles. The Labute approximate surface area is 159 Å². The van der Waals surface area contributed by atoms with Crippen LogP contribution in [0.4, 0.5) is 11.4 Å². The Bertz CT molecular complexity index is 811. The second-order valence-electron chi connectivity index (χ2n) is 7.39. The normalized spacial score (nSPS) is 18.1. The van der Waals surface area contributed by atoms with Crippen molar-refractivity contribution in [2.24, 2.45) is 5.92 Å². The summed E-state index contributed by atoms with van der Waals surface area (Å²) in [6.07, 6.45) is 4.19. The average molecular weight is 363 g/mol. The summed E-state index contributed by atoms with van der Waals surface area (Å²) < 4.78 is 0. The van der Waals surface area contributed by atoms with Crippen LogP contribution in [0.1, 0.15) is 37.3 Å². The number of anilines is 2. The maximum absolute atomic E-state index is 13.1. The Morgan fingerprint density at radius 1 is 0.889 bits per heavy atom. The van der Waals surface area contributed by atoms with E-state index in [-0.39, 0.29) is 23.8 Å². The van der Waals surface area contributed by atoms with Gasteiger partial charge in [-0.15, -0.1) is 0 Å². The van der Waals surface area contributed by atoms with Gasteiger partial charge in [-0.2, -0.15) is 0 Å². The number of carbonyl (C=O) groups excluding carboxylic acids is 2. The maximum Gasteiger partial charge on any atom is 0.246 e. The van der Waals surface area contributed by atoms with Crippen molar-refractivity contribution in [2.75, 3.05) is 23.7 Å². The van der Waals surface area contributed by atoms with Gasteiger partial charge in [0.2, 0.25) is 11.8 Å². The van der Waals surface area contributed by atoms with E-state index in [1.807, 2.05) is 54.6 Å². The molecule has 2 aromatic carbocycles. The van der Waals surface area contributed by atoms with Crippen molar-refractivity contribution in [2.45, 2.75) is 31.7 Å². The molecule has 1 aliphatic carbocycles. The summed E-state index contributed by atoms with van der Waals surface area (Å²) in [4.78, 5) is 27.3. The molecule has 5 nitrogen and oxygen atoms in total. The summed E-state index contributed by atoms with van der Waals surface area (Å²) in [6, 6.07) is 17.0. The first-order chi connectivity index (χ1) is 13.2. The first kappa shape index (κ1) is 17.7. The smallest absolute Gasteiger partial charge is 0.246 e. The standard InChI is InChI=1S/C22H25N3O2/c26-21(17-11-12-17)23-18-9-6-10-19(15-18)24-22(27)20(25-13-4-5-14-25)16-7-2-1-3-8-16/h1-3,6-10,15,17,20H,4-5,11-14H2,(H,23,26)(H,24,27). The van der Waals surface area contributed by atoms with E-state index in [0.717, 1.165) is 50.0 Å². The highest BCUT2D eigenvalue weighted by molar-refractivity contribution is 5.97. The van der Waals surface area contributed by atoms with Gasteiger partial charge in [0.25, 0.3) is 0 Å². The molecular formula is C22H25N3O2. The van der Waals surface area contributed by atoms with Gasteiger partial charge in [0.05, 0.1) is 0 Å². The van der Waals surface area contributed by atoms with E-state index >= 15 is 0 Å². The van der Waals surface area contributed by atoms with E-state index in [4.69, 9.17) is 0 Å². The Balaban J connectivity index is 1.49.